The minimum Gasteiger partial charge on any atom is -0.465 e. The molecule has 0 fully saturated rings. The molecule has 0 aromatic carbocycles. The first-order valence-electron chi connectivity index (χ1n) is 4.79. The molecule has 1 atom stereocenters. The van der Waals surface area contributed by atoms with Crippen molar-refractivity contribution in [2.24, 2.45) is 10.9 Å². The molecule has 1 rings (SSSR count). The lowest BCUT2D eigenvalue weighted by atomic mass is 10.2. The van der Waals surface area contributed by atoms with Gasteiger partial charge in [0.05, 0.1) is 6.61 Å². The van der Waals surface area contributed by atoms with E-state index >= 15 is 0 Å². The summed E-state index contributed by atoms with van der Waals surface area (Å²) in [6.45, 7) is 5.45. The highest BCUT2D eigenvalue weighted by Gasteiger charge is 2.12. The Kier molecular flexibility index (Phi) is 4.79. The maximum Gasteiger partial charge on any atom is 0.325 e. The number of carbonyl (C=O) groups excluding carboxylic acids is 1. The summed E-state index contributed by atoms with van der Waals surface area (Å²) in [7, 11) is 0. The van der Waals surface area contributed by atoms with E-state index in [0.717, 1.165) is 17.5 Å². The van der Waals surface area contributed by atoms with Gasteiger partial charge in [0.15, 0.2) is 5.17 Å². The van der Waals surface area contributed by atoms with Crippen molar-refractivity contribution in [3.05, 3.63) is 0 Å². The van der Waals surface area contributed by atoms with Crippen molar-refractivity contribution in [3.8, 4) is 0 Å². The molecule has 1 aliphatic heterocycles. The minimum absolute atomic E-state index is 0.216. The summed E-state index contributed by atoms with van der Waals surface area (Å²) in [6.07, 6.45) is 0. The molecule has 0 spiro atoms. The number of hydrogen-bond acceptors (Lipinski definition) is 5. The van der Waals surface area contributed by atoms with Crippen molar-refractivity contribution >= 4 is 22.9 Å². The maximum absolute atomic E-state index is 11.0. The summed E-state index contributed by atoms with van der Waals surface area (Å²) in [5.41, 5.74) is 0. The highest BCUT2D eigenvalue weighted by Crippen LogP contribution is 2.15. The Bertz CT molecular complexity index is 231. The molecule has 1 unspecified atom stereocenters. The van der Waals surface area contributed by atoms with Crippen molar-refractivity contribution < 1.29 is 9.53 Å². The Morgan fingerprint density at radius 2 is 2.57 bits per heavy atom. The molecule has 0 saturated heterocycles. The van der Waals surface area contributed by atoms with Crippen molar-refractivity contribution in [3.63, 3.8) is 0 Å². The van der Waals surface area contributed by atoms with E-state index in [9.17, 15) is 4.79 Å². The number of nitrogens with one attached hydrogen (secondary N) is 1. The first-order valence-corrected chi connectivity index (χ1v) is 5.77. The standard InChI is InChI=1S/C9H16N2O2S/c1-3-13-8(12)5-11-9-10-4-7(2)6-14-9/h7H,3-6H2,1-2H3,(H,10,11). The van der Waals surface area contributed by atoms with Gasteiger partial charge in [0.1, 0.15) is 6.54 Å². The monoisotopic (exact) mass is 216 g/mol. The van der Waals surface area contributed by atoms with E-state index < -0.39 is 0 Å². The van der Waals surface area contributed by atoms with Crippen LogP contribution < -0.4 is 5.32 Å². The molecule has 0 bridgehead atoms. The van der Waals surface area contributed by atoms with E-state index in [1.54, 1.807) is 18.7 Å². The Morgan fingerprint density at radius 3 is 3.14 bits per heavy atom. The molecule has 1 heterocycles. The SMILES string of the molecule is CCOC(=O)CNC1=NCC(C)CS1. The van der Waals surface area contributed by atoms with E-state index in [2.05, 4.69) is 17.2 Å². The number of hydrogen-bond donors (Lipinski definition) is 1. The molecule has 0 aromatic rings. The van der Waals surface area contributed by atoms with Gasteiger partial charge < -0.3 is 10.1 Å². The molecule has 4 nitrogen and oxygen atoms in total. The average molecular weight is 216 g/mol. The van der Waals surface area contributed by atoms with Gasteiger partial charge in [-0.15, -0.1) is 0 Å². The van der Waals surface area contributed by atoms with Crippen LogP contribution in [0.3, 0.4) is 0 Å². The molecule has 0 aliphatic carbocycles. The minimum atomic E-state index is -0.227. The van der Waals surface area contributed by atoms with Crippen LogP contribution in [0.1, 0.15) is 13.8 Å². The summed E-state index contributed by atoms with van der Waals surface area (Å²) in [6, 6.07) is 0. The van der Waals surface area contributed by atoms with Gasteiger partial charge in [-0.25, -0.2) is 0 Å². The zero-order chi connectivity index (χ0) is 10.4. The fourth-order valence-corrected chi connectivity index (χ4v) is 1.91. The van der Waals surface area contributed by atoms with Crippen LogP contribution >= 0.6 is 11.8 Å². The third-order valence-corrected chi connectivity index (χ3v) is 3.02. The normalized spacial score (nSPS) is 21.3. The molecule has 1 N–H and O–H groups in total. The lowest BCUT2D eigenvalue weighted by Crippen LogP contribution is -2.31. The van der Waals surface area contributed by atoms with Crippen LogP contribution in [0.4, 0.5) is 0 Å². The van der Waals surface area contributed by atoms with Gasteiger partial charge in [0, 0.05) is 12.3 Å². The second-order valence-electron chi connectivity index (χ2n) is 3.22. The Balaban J connectivity index is 2.21. The van der Waals surface area contributed by atoms with Crippen molar-refractivity contribution in [1.82, 2.24) is 5.32 Å². The third-order valence-electron chi connectivity index (χ3n) is 1.74. The van der Waals surface area contributed by atoms with Crippen LogP contribution in [0.15, 0.2) is 4.99 Å². The van der Waals surface area contributed by atoms with Gasteiger partial charge in [-0.05, 0) is 12.8 Å². The largest absolute Gasteiger partial charge is 0.465 e. The quantitative estimate of drug-likeness (QED) is 0.711. The number of ether oxygens (including phenoxy) is 1. The predicted octanol–water partition coefficient (Wildman–Crippen LogP) is 0.878. The Labute approximate surface area is 88.5 Å². The number of rotatable bonds is 3. The average Bonchev–Trinajstić information content (AvgIpc) is 2.17. The molecule has 0 saturated carbocycles. The van der Waals surface area contributed by atoms with Gasteiger partial charge in [0.2, 0.25) is 0 Å². The number of thioether (sulfide) groups is 1. The molecule has 5 heteroatoms. The van der Waals surface area contributed by atoms with Crippen LogP contribution in [-0.4, -0.2) is 36.6 Å². The summed E-state index contributed by atoms with van der Waals surface area (Å²) in [5, 5.41) is 3.82. The first kappa shape index (κ1) is 11.4. The van der Waals surface area contributed by atoms with Gasteiger partial charge in [0.25, 0.3) is 0 Å². The van der Waals surface area contributed by atoms with Crippen LogP contribution in [0.5, 0.6) is 0 Å². The fraction of sp³-hybridized carbons (Fsp3) is 0.778. The lowest BCUT2D eigenvalue weighted by Gasteiger charge is -2.17. The summed E-state index contributed by atoms with van der Waals surface area (Å²) in [5.74, 6) is 1.47. The van der Waals surface area contributed by atoms with E-state index in [4.69, 9.17) is 4.74 Å². The number of carbonyl (C=O) groups is 1. The molecule has 0 aromatic heterocycles. The molecular weight excluding hydrogens is 200 g/mol. The van der Waals surface area contributed by atoms with Crippen LogP contribution in [0, 0.1) is 5.92 Å². The smallest absolute Gasteiger partial charge is 0.325 e. The van der Waals surface area contributed by atoms with Crippen molar-refractivity contribution in [2.75, 3.05) is 25.4 Å². The van der Waals surface area contributed by atoms with Crippen LogP contribution in [-0.2, 0) is 9.53 Å². The number of aliphatic imine (C=N–C) groups is 1. The van der Waals surface area contributed by atoms with Gasteiger partial charge in [-0.3, -0.25) is 9.79 Å². The summed E-state index contributed by atoms with van der Waals surface area (Å²) >= 11 is 1.66. The third kappa shape index (κ3) is 4.00. The summed E-state index contributed by atoms with van der Waals surface area (Å²) < 4.78 is 4.79. The molecule has 0 radical (unpaired) electrons. The van der Waals surface area contributed by atoms with Crippen LogP contribution in [0.25, 0.3) is 0 Å². The Hall–Kier alpha value is -0.710. The van der Waals surface area contributed by atoms with E-state index in [1.165, 1.54) is 0 Å². The molecule has 14 heavy (non-hydrogen) atoms. The fourth-order valence-electron chi connectivity index (χ4n) is 1.03. The topological polar surface area (TPSA) is 50.7 Å². The molecular formula is C9H16N2O2S. The molecule has 80 valence electrons. The second-order valence-corrected chi connectivity index (χ2v) is 4.23. The molecule has 0 amide bonds. The zero-order valence-corrected chi connectivity index (χ0v) is 9.39. The lowest BCUT2D eigenvalue weighted by molar-refractivity contribution is -0.141. The van der Waals surface area contributed by atoms with Crippen LogP contribution in [0.2, 0.25) is 0 Å². The zero-order valence-electron chi connectivity index (χ0n) is 8.58. The number of amidine groups is 1. The predicted molar refractivity (Wildman–Crippen MR) is 58.6 cm³/mol. The van der Waals surface area contributed by atoms with E-state index in [0.29, 0.717) is 12.5 Å². The van der Waals surface area contributed by atoms with Crippen molar-refractivity contribution in [2.45, 2.75) is 13.8 Å². The Morgan fingerprint density at radius 1 is 1.79 bits per heavy atom. The van der Waals surface area contributed by atoms with E-state index in [-0.39, 0.29) is 12.5 Å². The van der Waals surface area contributed by atoms with Crippen molar-refractivity contribution in [1.29, 1.82) is 0 Å². The van der Waals surface area contributed by atoms with Gasteiger partial charge in [-0.2, -0.15) is 0 Å². The maximum atomic E-state index is 11.0. The molecule has 1 aliphatic rings. The highest BCUT2D eigenvalue weighted by atomic mass is 32.2. The number of esters is 1. The first-order chi connectivity index (χ1) is 6.72. The van der Waals surface area contributed by atoms with Gasteiger partial charge >= 0.3 is 5.97 Å². The van der Waals surface area contributed by atoms with E-state index in [1.807, 2.05) is 0 Å². The number of nitrogens with zero attached hydrogens (tertiary/aromatic N) is 1. The highest BCUT2D eigenvalue weighted by molar-refractivity contribution is 8.13. The van der Waals surface area contributed by atoms with Gasteiger partial charge in [-0.1, -0.05) is 18.7 Å². The second kappa shape index (κ2) is 5.90. The summed E-state index contributed by atoms with van der Waals surface area (Å²) in [4.78, 5) is 15.3.